The highest BCUT2D eigenvalue weighted by Crippen LogP contribution is 2.18. The van der Waals surface area contributed by atoms with E-state index in [0.29, 0.717) is 12.6 Å². The number of hydrogen-bond donors (Lipinski definition) is 1. The van der Waals surface area contributed by atoms with Crippen LogP contribution in [-0.2, 0) is 18.4 Å². The first kappa shape index (κ1) is 12.1. The fourth-order valence-electron chi connectivity index (χ4n) is 2.38. The van der Waals surface area contributed by atoms with Crippen molar-refractivity contribution in [2.24, 2.45) is 13.0 Å². The number of carbonyl (C=O) groups is 1. The van der Waals surface area contributed by atoms with Gasteiger partial charge in [-0.05, 0) is 19.9 Å². The maximum atomic E-state index is 12.2. The number of carbonyl (C=O) groups excluding carboxylic acids is 1. The van der Waals surface area contributed by atoms with E-state index < -0.39 is 0 Å². The molecule has 2 rings (SSSR count). The first-order valence-electron chi connectivity index (χ1n) is 6.04. The molecule has 0 spiro atoms. The molecule has 0 aromatic carbocycles. The summed E-state index contributed by atoms with van der Waals surface area (Å²) in [5.74, 6) is 0.350. The molecule has 1 N–H and O–H groups in total. The van der Waals surface area contributed by atoms with Crippen LogP contribution in [0.4, 0.5) is 0 Å². The van der Waals surface area contributed by atoms with Gasteiger partial charge in [-0.3, -0.25) is 9.48 Å². The Balaban J connectivity index is 1.95. The largest absolute Gasteiger partial charge is 0.341 e. The molecule has 2 unspecified atom stereocenters. The molecule has 94 valence electrons. The normalized spacial score (nSPS) is 23.9. The van der Waals surface area contributed by atoms with E-state index in [1.54, 1.807) is 15.8 Å². The Morgan fingerprint density at radius 1 is 1.71 bits per heavy atom. The third kappa shape index (κ3) is 2.66. The Kier molecular flexibility index (Phi) is 3.47. The summed E-state index contributed by atoms with van der Waals surface area (Å²) in [7, 11) is 3.74. The fourth-order valence-corrected chi connectivity index (χ4v) is 2.38. The van der Waals surface area contributed by atoms with Gasteiger partial charge in [0.05, 0.1) is 12.1 Å². The zero-order valence-corrected chi connectivity index (χ0v) is 10.7. The number of aromatic nitrogens is 2. The highest BCUT2D eigenvalue weighted by molar-refractivity contribution is 5.79. The molecule has 1 aliphatic rings. The van der Waals surface area contributed by atoms with E-state index in [2.05, 4.69) is 17.3 Å². The van der Waals surface area contributed by atoms with Gasteiger partial charge in [-0.15, -0.1) is 0 Å². The average Bonchev–Trinajstić information content (AvgIpc) is 2.86. The Bertz CT molecular complexity index is 401. The fraction of sp³-hybridized carbons (Fsp3) is 0.667. The van der Waals surface area contributed by atoms with Crippen molar-refractivity contribution < 1.29 is 4.79 Å². The molecule has 1 aromatic heterocycles. The van der Waals surface area contributed by atoms with E-state index in [4.69, 9.17) is 0 Å². The predicted molar refractivity (Wildman–Crippen MR) is 65.3 cm³/mol. The third-order valence-electron chi connectivity index (χ3n) is 3.40. The van der Waals surface area contributed by atoms with Crippen molar-refractivity contribution in [2.45, 2.75) is 25.9 Å². The van der Waals surface area contributed by atoms with Crippen LogP contribution < -0.4 is 5.32 Å². The Hall–Kier alpha value is -1.36. The monoisotopic (exact) mass is 236 g/mol. The molecule has 5 nitrogen and oxygen atoms in total. The van der Waals surface area contributed by atoms with Crippen LogP contribution in [0.1, 0.15) is 18.9 Å². The van der Waals surface area contributed by atoms with Crippen LogP contribution in [-0.4, -0.2) is 40.2 Å². The van der Waals surface area contributed by atoms with Crippen LogP contribution in [0.15, 0.2) is 12.4 Å². The topological polar surface area (TPSA) is 50.2 Å². The summed E-state index contributed by atoms with van der Waals surface area (Å²) in [6.45, 7) is 3.65. The van der Waals surface area contributed by atoms with Gasteiger partial charge < -0.3 is 10.2 Å². The number of nitrogens with one attached hydrogen (secondary N) is 1. The summed E-state index contributed by atoms with van der Waals surface area (Å²) in [6.07, 6.45) is 4.69. The van der Waals surface area contributed by atoms with E-state index in [0.717, 1.165) is 18.5 Å². The van der Waals surface area contributed by atoms with Crippen LogP contribution >= 0.6 is 0 Å². The second kappa shape index (κ2) is 4.87. The quantitative estimate of drug-likeness (QED) is 0.825. The Morgan fingerprint density at radius 3 is 3.00 bits per heavy atom. The van der Waals surface area contributed by atoms with Crippen molar-refractivity contribution in [3.05, 3.63) is 18.0 Å². The molecule has 0 aliphatic carbocycles. The maximum absolute atomic E-state index is 12.2. The van der Waals surface area contributed by atoms with Crippen LogP contribution in [0.5, 0.6) is 0 Å². The smallest absolute Gasteiger partial charge is 0.227 e. The number of nitrogens with zero attached hydrogens (tertiary/aromatic N) is 3. The van der Waals surface area contributed by atoms with Gasteiger partial charge in [0.1, 0.15) is 0 Å². The molecule has 2 atom stereocenters. The van der Waals surface area contributed by atoms with Gasteiger partial charge in [-0.1, -0.05) is 0 Å². The molecule has 0 saturated carbocycles. The summed E-state index contributed by atoms with van der Waals surface area (Å²) in [5.41, 5.74) is 1.07. The van der Waals surface area contributed by atoms with Gasteiger partial charge in [0, 0.05) is 38.4 Å². The number of aryl methyl sites for hydroxylation is 1. The first-order valence-corrected chi connectivity index (χ1v) is 6.04. The molecule has 0 radical (unpaired) electrons. The van der Waals surface area contributed by atoms with Crippen LogP contribution in [0, 0.1) is 5.92 Å². The molecule has 1 aromatic rings. The highest BCUT2D eigenvalue weighted by atomic mass is 16.2. The number of amides is 1. The molecule has 2 heterocycles. The van der Waals surface area contributed by atoms with Gasteiger partial charge >= 0.3 is 0 Å². The zero-order chi connectivity index (χ0) is 12.4. The van der Waals surface area contributed by atoms with E-state index >= 15 is 0 Å². The molecule has 5 heteroatoms. The minimum atomic E-state index is 0.122. The lowest BCUT2D eigenvalue weighted by Crippen LogP contribution is -2.37. The Labute approximate surface area is 102 Å². The summed E-state index contributed by atoms with van der Waals surface area (Å²) in [4.78, 5) is 14.0. The second-order valence-corrected chi connectivity index (χ2v) is 4.85. The molecule has 1 amide bonds. The summed E-state index contributed by atoms with van der Waals surface area (Å²) in [6, 6.07) is 0.291. The average molecular weight is 236 g/mol. The van der Waals surface area contributed by atoms with Crippen LogP contribution in [0.2, 0.25) is 0 Å². The van der Waals surface area contributed by atoms with Crippen molar-refractivity contribution in [3.8, 4) is 0 Å². The molecule has 1 aliphatic heterocycles. The van der Waals surface area contributed by atoms with Gasteiger partial charge in [-0.25, -0.2) is 0 Å². The first-order chi connectivity index (χ1) is 8.08. The maximum Gasteiger partial charge on any atom is 0.227 e. The minimum Gasteiger partial charge on any atom is -0.341 e. The van der Waals surface area contributed by atoms with Gasteiger partial charge in [0.2, 0.25) is 5.91 Å². The van der Waals surface area contributed by atoms with Gasteiger partial charge in [0.25, 0.3) is 0 Å². The lowest BCUT2D eigenvalue weighted by molar-refractivity contribution is -0.134. The van der Waals surface area contributed by atoms with Crippen molar-refractivity contribution >= 4 is 5.91 Å². The van der Waals surface area contributed by atoms with Gasteiger partial charge in [-0.2, -0.15) is 5.10 Å². The highest BCUT2D eigenvalue weighted by Gasteiger charge is 2.31. The Morgan fingerprint density at radius 2 is 2.47 bits per heavy atom. The van der Waals surface area contributed by atoms with E-state index in [1.165, 1.54) is 0 Å². The summed E-state index contributed by atoms with van der Waals surface area (Å²) in [5, 5.41) is 7.42. The molecule has 1 fully saturated rings. The minimum absolute atomic E-state index is 0.122. The molecular formula is C12H20N4O. The van der Waals surface area contributed by atoms with Crippen molar-refractivity contribution in [2.75, 3.05) is 13.6 Å². The lowest BCUT2D eigenvalue weighted by Gasteiger charge is -2.22. The van der Waals surface area contributed by atoms with Crippen molar-refractivity contribution in [1.29, 1.82) is 0 Å². The predicted octanol–water partition coefficient (Wildman–Crippen LogP) is 0.376. The van der Waals surface area contributed by atoms with Crippen molar-refractivity contribution in [1.82, 2.24) is 20.0 Å². The molecule has 17 heavy (non-hydrogen) atoms. The van der Waals surface area contributed by atoms with Crippen LogP contribution in [0.25, 0.3) is 0 Å². The lowest BCUT2D eigenvalue weighted by atomic mass is 10.0. The third-order valence-corrected chi connectivity index (χ3v) is 3.40. The van der Waals surface area contributed by atoms with E-state index in [9.17, 15) is 4.79 Å². The summed E-state index contributed by atoms with van der Waals surface area (Å²) < 4.78 is 1.76. The second-order valence-electron chi connectivity index (χ2n) is 4.85. The number of hydrogen-bond acceptors (Lipinski definition) is 3. The van der Waals surface area contributed by atoms with Crippen molar-refractivity contribution in [3.63, 3.8) is 0 Å². The van der Waals surface area contributed by atoms with E-state index in [-0.39, 0.29) is 11.8 Å². The summed E-state index contributed by atoms with van der Waals surface area (Å²) >= 11 is 0. The SMILES string of the molecule is CC1NCCC1C(=O)N(C)Cc1cnn(C)c1. The molecule has 0 bridgehead atoms. The van der Waals surface area contributed by atoms with Gasteiger partial charge in [0.15, 0.2) is 0 Å². The standard InChI is InChI=1S/C12H20N4O/c1-9-11(4-5-13-9)12(17)15(2)7-10-6-14-16(3)8-10/h6,8-9,11,13H,4-5,7H2,1-3H3. The van der Waals surface area contributed by atoms with Crippen LogP contribution in [0.3, 0.4) is 0 Å². The zero-order valence-electron chi connectivity index (χ0n) is 10.7. The molecular weight excluding hydrogens is 216 g/mol. The van der Waals surface area contributed by atoms with E-state index in [1.807, 2.05) is 20.3 Å². The number of rotatable bonds is 3. The molecule has 1 saturated heterocycles.